The monoisotopic (exact) mass is 394 g/mol. The summed E-state index contributed by atoms with van der Waals surface area (Å²) >= 11 is 0. The van der Waals surface area contributed by atoms with E-state index in [4.69, 9.17) is 4.74 Å². The topological polar surface area (TPSA) is 101 Å². The van der Waals surface area contributed by atoms with Crippen LogP contribution in [0.25, 0.3) is 0 Å². The van der Waals surface area contributed by atoms with E-state index < -0.39 is 28.5 Å². The molecule has 9 heteroatoms. The molecule has 1 aromatic carbocycles. The number of benzene rings is 1. The molecule has 0 spiro atoms. The normalized spacial score (nSPS) is 18.5. The molecule has 146 valence electrons. The molecule has 0 aliphatic carbocycles. The maximum absolute atomic E-state index is 12.7. The second kappa shape index (κ2) is 8.18. The van der Waals surface area contributed by atoms with E-state index in [-0.39, 0.29) is 16.4 Å². The van der Waals surface area contributed by atoms with Gasteiger partial charge in [-0.1, -0.05) is 12.5 Å². The summed E-state index contributed by atoms with van der Waals surface area (Å²) in [5, 5.41) is 0. The lowest BCUT2D eigenvalue weighted by Crippen LogP contribution is -2.36. The van der Waals surface area contributed by atoms with Crippen molar-refractivity contribution in [2.24, 2.45) is 0 Å². The Balaban J connectivity index is 1.66. The van der Waals surface area contributed by atoms with Crippen molar-refractivity contribution in [1.82, 2.24) is 9.21 Å². The molecule has 3 rings (SSSR count). The summed E-state index contributed by atoms with van der Waals surface area (Å²) in [6, 6.07) is 5.61. The first-order chi connectivity index (χ1) is 12.9. The lowest BCUT2D eigenvalue weighted by atomic mass is 10.2. The van der Waals surface area contributed by atoms with Gasteiger partial charge in [0.05, 0.1) is 10.5 Å². The number of sulfonamides is 1. The number of hydrogen-bond donors (Lipinski definition) is 0. The molecule has 0 bridgehead atoms. The van der Waals surface area contributed by atoms with Gasteiger partial charge in [-0.15, -0.1) is 0 Å². The van der Waals surface area contributed by atoms with Crippen LogP contribution in [-0.4, -0.2) is 61.6 Å². The molecule has 2 fully saturated rings. The lowest BCUT2D eigenvalue weighted by molar-refractivity contribution is -0.143. The third-order valence-electron chi connectivity index (χ3n) is 4.72. The van der Waals surface area contributed by atoms with Crippen LogP contribution in [0.3, 0.4) is 0 Å². The molecule has 2 aliphatic rings. The molecule has 0 unspecified atom stereocenters. The summed E-state index contributed by atoms with van der Waals surface area (Å²) in [6.07, 6.45) is 3.56. The van der Waals surface area contributed by atoms with Crippen molar-refractivity contribution in [2.45, 2.75) is 37.0 Å². The minimum absolute atomic E-state index is 0.0277. The van der Waals surface area contributed by atoms with Crippen molar-refractivity contribution >= 4 is 27.8 Å². The molecule has 2 saturated heterocycles. The number of esters is 1. The molecular formula is C18H22N2O6S. The van der Waals surface area contributed by atoms with E-state index in [2.05, 4.69) is 0 Å². The highest BCUT2D eigenvalue weighted by Gasteiger charge is 2.28. The van der Waals surface area contributed by atoms with Crippen LogP contribution in [0.2, 0.25) is 0 Å². The summed E-state index contributed by atoms with van der Waals surface area (Å²) in [5.41, 5.74) is 0.0497. The van der Waals surface area contributed by atoms with Crippen LogP contribution in [0.1, 0.15) is 42.5 Å². The van der Waals surface area contributed by atoms with E-state index in [0.717, 1.165) is 24.2 Å². The van der Waals surface area contributed by atoms with Gasteiger partial charge in [0.25, 0.3) is 5.91 Å². The molecule has 0 aromatic heterocycles. The van der Waals surface area contributed by atoms with E-state index in [0.29, 0.717) is 32.5 Å². The van der Waals surface area contributed by atoms with Crippen molar-refractivity contribution in [2.75, 3.05) is 26.2 Å². The van der Waals surface area contributed by atoms with Gasteiger partial charge in [-0.2, -0.15) is 4.31 Å². The maximum Gasteiger partial charge on any atom is 0.338 e. The third-order valence-corrected chi connectivity index (χ3v) is 6.62. The molecular weight excluding hydrogens is 372 g/mol. The number of likely N-dealkylation sites (tertiary alicyclic amines) is 1. The fraction of sp³-hybridized carbons (Fsp3) is 0.500. The van der Waals surface area contributed by atoms with Crippen LogP contribution >= 0.6 is 0 Å². The highest BCUT2D eigenvalue weighted by atomic mass is 32.2. The van der Waals surface area contributed by atoms with E-state index >= 15 is 0 Å². The van der Waals surface area contributed by atoms with E-state index in [9.17, 15) is 22.8 Å². The summed E-state index contributed by atoms with van der Waals surface area (Å²) in [4.78, 5) is 36.8. The summed E-state index contributed by atoms with van der Waals surface area (Å²) in [6.45, 7) is 0.719. The average molecular weight is 394 g/mol. The highest BCUT2D eigenvalue weighted by molar-refractivity contribution is 7.89. The maximum atomic E-state index is 12.7. The fourth-order valence-electron chi connectivity index (χ4n) is 3.24. The van der Waals surface area contributed by atoms with Crippen LogP contribution in [0.5, 0.6) is 0 Å². The Morgan fingerprint density at radius 1 is 1.04 bits per heavy atom. The Hall–Kier alpha value is -2.26. The molecule has 0 saturated carbocycles. The molecule has 1 aromatic rings. The number of rotatable bonds is 5. The predicted octanol–water partition coefficient (Wildman–Crippen LogP) is 1.17. The van der Waals surface area contributed by atoms with Crippen LogP contribution in [0, 0.1) is 0 Å². The van der Waals surface area contributed by atoms with Gasteiger partial charge in [-0.3, -0.25) is 14.5 Å². The highest BCUT2D eigenvalue weighted by Crippen LogP contribution is 2.21. The number of imide groups is 1. The number of carbonyl (C=O) groups is 3. The fourth-order valence-corrected chi connectivity index (χ4v) is 4.80. The Labute approximate surface area is 158 Å². The Bertz CT molecular complexity index is 845. The minimum Gasteiger partial charge on any atom is -0.452 e. The first-order valence-corrected chi connectivity index (χ1v) is 10.4. The number of piperidine rings is 1. The van der Waals surface area contributed by atoms with Gasteiger partial charge in [-0.25, -0.2) is 13.2 Å². The van der Waals surface area contributed by atoms with Crippen LogP contribution in [0.15, 0.2) is 29.2 Å². The van der Waals surface area contributed by atoms with Gasteiger partial charge in [0.15, 0.2) is 6.61 Å². The van der Waals surface area contributed by atoms with Crippen LogP contribution in [0.4, 0.5) is 0 Å². The van der Waals surface area contributed by atoms with Crippen LogP contribution in [-0.2, 0) is 24.3 Å². The van der Waals surface area contributed by atoms with Gasteiger partial charge < -0.3 is 4.74 Å². The third kappa shape index (κ3) is 4.36. The van der Waals surface area contributed by atoms with Crippen molar-refractivity contribution in [1.29, 1.82) is 0 Å². The SMILES string of the molecule is O=C(OCC(=O)N1CCCC1=O)c1cccc(S(=O)(=O)N2CCCCC2)c1. The number of amides is 2. The average Bonchev–Trinajstić information content (AvgIpc) is 3.12. The Morgan fingerprint density at radius 2 is 1.78 bits per heavy atom. The van der Waals surface area contributed by atoms with Crippen molar-refractivity contribution in [3.05, 3.63) is 29.8 Å². The molecule has 2 heterocycles. The van der Waals surface area contributed by atoms with Gasteiger partial charge in [0.2, 0.25) is 15.9 Å². The molecule has 0 N–H and O–H groups in total. The van der Waals surface area contributed by atoms with Crippen LogP contribution < -0.4 is 0 Å². The zero-order valence-electron chi connectivity index (χ0n) is 14.9. The smallest absolute Gasteiger partial charge is 0.338 e. The van der Waals surface area contributed by atoms with Gasteiger partial charge in [-0.05, 0) is 37.5 Å². The number of carbonyl (C=O) groups excluding carboxylic acids is 3. The number of nitrogens with zero attached hydrogens (tertiary/aromatic N) is 2. The summed E-state index contributed by atoms with van der Waals surface area (Å²) in [7, 11) is -3.66. The predicted molar refractivity (Wildman–Crippen MR) is 95.3 cm³/mol. The first-order valence-electron chi connectivity index (χ1n) is 9.00. The van der Waals surface area contributed by atoms with Gasteiger partial charge >= 0.3 is 5.97 Å². The Morgan fingerprint density at radius 3 is 2.44 bits per heavy atom. The molecule has 8 nitrogen and oxygen atoms in total. The molecule has 0 radical (unpaired) electrons. The zero-order valence-corrected chi connectivity index (χ0v) is 15.7. The zero-order chi connectivity index (χ0) is 19.4. The minimum atomic E-state index is -3.66. The van der Waals surface area contributed by atoms with Crippen molar-refractivity contribution < 1.29 is 27.5 Å². The number of ether oxygens (including phenoxy) is 1. The largest absolute Gasteiger partial charge is 0.452 e. The molecule has 2 aliphatic heterocycles. The second-order valence-corrected chi connectivity index (χ2v) is 8.55. The first kappa shape index (κ1) is 19.5. The molecule has 0 atom stereocenters. The summed E-state index contributed by atoms with van der Waals surface area (Å²) < 4.78 is 31.8. The Kier molecular flexibility index (Phi) is 5.91. The van der Waals surface area contributed by atoms with E-state index in [1.807, 2.05) is 0 Å². The van der Waals surface area contributed by atoms with Crippen molar-refractivity contribution in [3.8, 4) is 0 Å². The molecule has 27 heavy (non-hydrogen) atoms. The number of hydrogen-bond acceptors (Lipinski definition) is 6. The van der Waals surface area contributed by atoms with Gasteiger partial charge in [0.1, 0.15) is 0 Å². The summed E-state index contributed by atoms with van der Waals surface area (Å²) in [5.74, 6) is -1.64. The quantitative estimate of drug-likeness (QED) is 0.695. The second-order valence-electron chi connectivity index (χ2n) is 6.61. The standard InChI is InChI=1S/C18H22N2O6S/c21-16-8-5-11-20(16)17(22)13-26-18(23)14-6-4-7-15(12-14)27(24,25)19-9-2-1-3-10-19/h4,6-7,12H,1-3,5,8-11,13H2. The van der Waals surface area contributed by atoms with E-state index in [1.165, 1.54) is 28.6 Å². The molecule has 2 amide bonds. The van der Waals surface area contributed by atoms with Crippen molar-refractivity contribution in [3.63, 3.8) is 0 Å². The van der Waals surface area contributed by atoms with E-state index in [1.54, 1.807) is 0 Å². The van der Waals surface area contributed by atoms with Gasteiger partial charge in [0, 0.05) is 26.1 Å². The lowest BCUT2D eigenvalue weighted by Gasteiger charge is -2.25.